The van der Waals surface area contributed by atoms with Crippen molar-refractivity contribution in [1.82, 2.24) is 5.32 Å². The second-order valence-electron chi connectivity index (χ2n) is 7.28. The number of hydrogen-bond donors (Lipinski definition) is 2. The summed E-state index contributed by atoms with van der Waals surface area (Å²) < 4.78 is 20.1. The van der Waals surface area contributed by atoms with Crippen LogP contribution in [0.15, 0.2) is 71.6 Å². The number of amides is 1. The summed E-state index contributed by atoms with van der Waals surface area (Å²) in [6.45, 7) is 2.41. The van der Waals surface area contributed by atoms with Crippen LogP contribution in [-0.4, -0.2) is 11.4 Å². The Bertz CT molecular complexity index is 1150. The zero-order valence-corrected chi connectivity index (χ0v) is 20.4. The molecule has 164 valence electrons. The Hall–Kier alpha value is -2.52. The predicted octanol–water partition coefficient (Wildman–Crippen LogP) is 6.17. The molecule has 32 heavy (non-hydrogen) atoms. The Morgan fingerprint density at radius 2 is 1.94 bits per heavy atom. The molecular formula is C25H22FIN2O2S. The minimum atomic E-state index is -0.277. The van der Waals surface area contributed by atoms with Crippen molar-refractivity contribution in [2.75, 3.05) is 5.32 Å². The molecule has 1 amide bonds. The number of hydrogen-bond acceptors (Lipinski definition) is 4. The number of halogens is 2. The van der Waals surface area contributed by atoms with Crippen molar-refractivity contribution in [3.63, 3.8) is 0 Å². The van der Waals surface area contributed by atoms with E-state index in [4.69, 9.17) is 4.74 Å². The van der Waals surface area contributed by atoms with Crippen LogP contribution in [0.25, 0.3) is 6.08 Å². The summed E-state index contributed by atoms with van der Waals surface area (Å²) in [5.41, 5.74) is 3.72. The fraction of sp³-hybridized carbons (Fsp3) is 0.160. The highest BCUT2D eigenvalue weighted by atomic mass is 127. The number of rotatable bonds is 7. The molecule has 1 saturated heterocycles. The van der Waals surface area contributed by atoms with Crippen LogP contribution in [0, 0.1) is 9.39 Å². The van der Waals surface area contributed by atoms with Gasteiger partial charge in [-0.3, -0.25) is 4.79 Å². The number of thioether (sulfide) groups is 1. The molecule has 0 saturated carbocycles. The third-order valence-electron chi connectivity index (χ3n) is 4.93. The summed E-state index contributed by atoms with van der Waals surface area (Å²) >= 11 is 3.66. The van der Waals surface area contributed by atoms with Crippen LogP contribution in [0.1, 0.15) is 23.6 Å². The van der Waals surface area contributed by atoms with Crippen molar-refractivity contribution >= 4 is 52.0 Å². The zero-order valence-electron chi connectivity index (χ0n) is 17.4. The lowest BCUT2D eigenvalue weighted by Gasteiger charge is -2.12. The monoisotopic (exact) mass is 560 g/mol. The summed E-state index contributed by atoms with van der Waals surface area (Å²) in [5, 5.41) is 6.29. The molecular weight excluding hydrogens is 538 g/mol. The number of aryl methyl sites for hydroxylation is 1. The van der Waals surface area contributed by atoms with Gasteiger partial charge in [0.25, 0.3) is 5.91 Å². The van der Waals surface area contributed by atoms with Gasteiger partial charge >= 0.3 is 0 Å². The normalized spacial score (nSPS) is 16.8. The number of carbonyl (C=O) groups excluding carboxylic acids is 1. The van der Waals surface area contributed by atoms with Gasteiger partial charge < -0.3 is 15.4 Å². The van der Waals surface area contributed by atoms with Gasteiger partial charge in [0.2, 0.25) is 0 Å². The van der Waals surface area contributed by atoms with Crippen LogP contribution < -0.4 is 15.4 Å². The van der Waals surface area contributed by atoms with Gasteiger partial charge in [-0.1, -0.05) is 49.0 Å². The van der Waals surface area contributed by atoms with E-state index in [1.54, 1.807) is 6.07 Å². The van der Waals surface area contributed by atoms with Gasteiger partial charge in [-0.2, -0.15) is 0 Å². The van der Waals surface area contributed by atoms with Crippen LogP contribution in [0.5, 0.6) is 5.75 Å². The van der Waals surface area contributed by atoms with E-state index in [1.807, 2.05) is 42.5 Å². The Kier molecular flexibility index (Phi) is 7.36. The fourth-order valence-corrected chi connectivity index (χ4v) is 4.90. The summed E-state index contributed by atoms with van der Waals surface area (Å²) in [5.74, 6) is 0.343. The summed E-state index contributed by atoms with van der Waals surface area (Å²) in [6.07, 6.45) is 2.87. The Morgan fingerprint density at radius 3 is 2.66 bits per heavy atom. The Balaban J connectivity index is 1.39. The van der Waals surface area contributed by atoms with Crippen LogP contribution in [0.4, 0.5) is 10.1 Å². The van der Waals surface area contributed by atoms with Crippen molar-refractivity contribution in [2.45, 2.75) is 25.4 Å². The van der Waals surface area contributed by atoms with Crippen molar-refractivity contribution in [1.29, 1.82) is 0 Å². The first-order chi connectivity index (χ1) is 15.5. The van der Waals surface area contributed by atoms with Crippen LogP contribution >= 0.6 is 34.4 Å². The SMILES string of the molecule is CCc1ccc(N[C@H]2NC(=O)/C(=C/c3ccc(OCc4cccc(F)c4)c(I)c3)S2)cc1. The van der Waals surface area contributed by atoms with E-state index in [9.17, 15) is 9.18 Å². The van der Waals surface area contributed by atoms with E-state index in [0.29, 0.717) is 11.5 Å². The lowest BCUT2D eigenvalue weighted by Crippen LogP contribution is -2.30. The molecule has 0 bridgehead atoms. The first-order valence-electron chi connectivity index (χ1n) is 10.2. The average molecular weight is 560 g/mol. The third-order valence-corrected chi connectivity index (χ3v) is 6.80. The third kappa shape index (κ3) is 5.83. The molecule has 0 radical (unpaired) electrons. The maximum Gasteiger partial charge on any atom is 0.260 e. The predicted molar refractivity (Wildman–Crippen MR) is 137 cm³/mol. The molecule has 2 N–H and O–H groups in total. The highest BCUT2D eigenvalue weighted by molar-refractivity contribution is 14.1. The number of nitrogens with one attached hydrogen (secondary N) is 2. The maximum absolute atomic E-state index is 13.3. The van der Waals surface area contributed by atoms with E-state index in [-0.39, 0.29) is 17.2 Å². The van der Waals surface area contributed by atoms with E-state index in [1.165, 1.54) is 29.5 Å². The molecule has 7 heteroatoms. The van der Waals surface area contributed by atoms with E-state index in [0.717, 1.165) is 32.6 Å². The maximum atomic E-state index is 13.3. The Morgan fingerprint density at radius 1 is 1.12 bits per heavy atom. The number of anilines is 1. The minimum absolute atomic E-state index is 0.0980. The standard InChI is InChI=1S/C25H22FIN2O2S/c1-2-16-6-9-20(10-7-16)28-25-29-24(30)23(32-25)14-17-8-11-22(21(27)13-17)31-15-18-4-3-5-19(26)12-18/h3-14,25,28H,2,15H2,1H3,(H,29,30)/b23-14-/t25-/m0/s1. The van der Waals surface area contributed by atoms with Crippen molar-refractivity contribution < 1.29 is 13.9 Å². The molecule has 0 unspecified atom stereocenters. The van der Waals surface area contributed by atoms with Crippen molar-refractivity contribution in [2.24, 2.45) is 0 Å². The molecule has 1 aliphatic heterocycles. The lowest BCUT2D eigenvalue weighted by atomic mass is 10.1. The molecule has 3 aromatic rings. The molecule has 1 heterocycles. The summed E-state index contributed by atoms with van der Waals surface area (Å²) in [4.78, 5) is 13.1. The van der Waals surface area contributed by atoms with E-state index >= 15 is 0 Å². The number of ether oxygens (including phenoxy) is 1. The highest BCUT2D eigenvalue weighted by Crippen LogP contribution is 2.31. The van der Waals surface area contributed by atoms with Crippen LogP contribution in [-0.2, 0) is 17.8 Å². The van der Waals surface area contributed by atoms with Gasteiger partial charge in [0.05, 0.1) is 8.48 Å². The van der Waals surface area contributed by atoms with Gasteiger partial charge in [-0.15, -0.1) is 0 Å². The second-order valence-corrected chi connectivity index (χ2v) is 9.59. The largest absolute Gasteiger partial charge is 0.488 e. The van der Waals surface area contributed by atoms with E-state index < -0.39 is 0 Å². The summed E-state index contributed by atoms with van der Waals surface area (Å²) in [7, 11) is 0. The first-order valence-corrected chi connectivity index (χ1v) is 12.2. The van der Waals surface area contributed by atoms with Gasteiger partial charge in [-0.25, -0.2) is 4.39 Å². The van der Waals surface area contributed by atoms with Crippen molar-refractivity contribution in [3.8, 4) is 5.75 Å². The molecule has 4 nitrogen and oxygen atoms in total. The van der Waals surface area contributed by atoms with Gasteiger partial charge in [-0.05, 0) is 88.2 Å². The molecule has 0 aliphatic carbocycles. The zero-order chi connectivity index (χ0) is 22.5. The van der Waals surface area contributed by atoms with Gasteiger partial charge in [0, 0.05) is 5.69 Å². The molecule has 0 spiro atoms. The fourth-order valence-electron chi connectivity index (χ4n) is 3.22. The average Bonchev–Trinajstić information content (AvgIpc) is 3.12. The van der Waals surface area contributed by atoms with Crippen LogP contribution in [0.2, 0.25) is 0 Å². The van der Waals surface area contributed by atoms with Gasteiger partial charge in [0.15, 0.2) is 5.50 Å². The lowest BCUT2D eigenvalue weighted by molar-refractivity contribution is -0.116. The summed E-state index contributed by atoms with van der Waals surface area (Å²) in [6, 6.07) is 20.3. The molecule has 1 atom stereocenters. The quantitative estimate of drug-likeness (QED) is 0.268. The molecule has 3 aromatic carbocycles. The van der Waals surface area contributed by atoms with Crippen molar-refractivity contribution in [3.05, 3.63) is 97.7 Å². The molecule has 4 rings (SSSR count). The van der Waals surface area contributed by atoms with E-state index in [2.05, 4.69) is 52.3 Å². The second kappa shape index (κ2) is 10.4. The Labute approximate surface area is 204 Å². The smallest absolute Gasteiger partial charge is 0.260 e. The molecule has 1 aliphatic rings. The number of carbonyl (C=O) groups is 1. The number of benzene rings is 3. The minimum Gasteiger partial charge on any atom is -0.488 e. The molecule has 0 aromatic heterocycles. The topological polar surface area (TPSA) is 50.4 Å². The highest BCUT2D eigenvalue weighted by Gasteiger charge is 2.27. The molecule has 1 fully saturated rings. The van der Waals surface area contributed by atoms with Gasteiger partial charge in [0.1, 0.15) is 18.2 Å². The first kappa shape index (κ1) is 22.7. The van der Waals surface area contributed by atoms with Crippen LogP contribution in [0.3, 0.4) is 0 Å².